The van der Waals surface area contributed by atoms with Crippen molar-refractivity contribution in [3.8, 4) is 22.6 Å². The fraction of sp³-hybridized carbons (Fsp3) is 0.250. The Hall–Kier alpha value is -1.96. The first kappa shape index (κ1) is 11.1. The monoisotopic (exact) mass is 240 g/mol. The molecule has 0 amide bonds. The van der Waals surface area contributed by atoms with Gasteiger partial charge in [0.15, 0.2) is 0 Å². The van der Waals surface area contributed by atoms with Gasteiger partial charge < -0.3 is 9.84 Å². The van der Waals surface area contributed by atoms with E-state index in [4.69, 9.17) is 4.74 Å². The Labute approximate surface area is 107 Å². The molecule has 2 aromatic rings. The number of hydrogen-bond donors (Lipinski definition) is 1. The molecule has 0 bridgehead atoms. The molecule has 92 valence electrons. The van der Waals surface area contributed by atoms with E-state index in [1.807, 2.05) is 30.3 Å². The van der Waals surface area contributed by atoms with Crippen molar-refractivity contribution in [2.75, 3.05) is 0 Å². The highest BCUT2D eigenvalue weighted by atomic mass is 16.5. The zero-order valence-corrected chi connectivity index (χ0v) is 10.6. The van der Waals surface area contributed by atoms with Crippen molar-refractivity contribution in [1.29, 1.82) is 0 Å². The number of rotatable bonds is 1. The van der Waals surface area contributed by atoms with Crippen LogP contribution in [0.5, 0.6) is 11.5 Å². The maximum atomic E-state index is 9.97. The van der Waals surface area contributed by atoms with E-state index in [2.05, 4.69) is 19.9 Å². The maximum Gasteiger partial charge on any atom is 0.131 e. The molecule has 0 unspecified atom stereocenters. The summed E-state index contributed by atoms with van der Waals surface area (Å²) in [5.74, 6) is 1.20. The highest BCUT2D eigenvalue weighted by molar-refractivity contribution is 5.77. The fourth-order valence-corrected chi connectivity index (χ4v) is 2.53. The second-order valence-electron chi connectivity index (χ2n) is 5.35. The minimum Gasteiger partial charge on any atom is -0.507 e. The standard InChI is InChI=1S/C16H16O2/c1-16(2)10-11-6-5-8-13(15(11)18-16)12-7-3-4-9-14(12)17/h3-9,17H,10H2,1-2H3. The average molecular weight is 240 g/mol. The molecule has 2 aromatic carbocycles. The highest BCUT2D eigenvalue weighted by Crippen LogP contribution is 2.44. The van der Waals surface area contributed by atoms with Crippen molar-refractivity contribution in [3.05, 3.63) is 48.0 Å². The lowest BCUT2D eigenvalue weighted by Crippen LogP contribution is -2.24. The molecular formula is C16H16O2. The van der Waals surface area contributed by atoms with E-state index in [-0.39, 0.29) is 5.60 Å². The van der Waals surface area contributed by atoms with Gasteiger partial charge >= 0.3 is 0 Å². The topological polar surface area (TPSA) is 29.5 Å². The van der Waals surface area contributed by atoms with Crippen molar-refractivity contribution in [2.45, 2.75) is 25.9 Å². The van der Waals surface area contributed by atoms with Gasteiger partial charge in [-0.15, -0.1) is 0 Å². The fourth-order valence-electron chi connectivity index (χ4n) is 2.53. The van der Waals surface area contributed by atoms with Gasteiger partial charge in [0.25, 0.3) is 0 Å². The summed E-state index contributed by atoms with van der Waals surface area (Å²) < 4.78 is 6.02. The molecule has 3 rings (SSSR count). The normalized spacial score (nSPS) is 16.1. The van der Waals surface area contributed by atoms with E-state index in [1.54, 1.807) is 6.07 Å². The molecule has 0 atom stereocenters. The van der Waals surface area contributed by atoms with E-state index in [0.29, 0.717) is 5.75 Å². The number of benzene rings is 2. The Morgan fingerprint density at radius 3 is 2.50 bits per heavy atom. The minimum absolute atomic E-state index is 0.164. The van der Waals surface area contributed by atoms with Crippen molar-refractivity contribution in [2.24, 2.45) is 0 Å². The van der Waals surface area contributed by atoms with Gasteiger partial charge in [0.1, 0.15) is 17.1 Å². The predicted octanol–water partition coefficient (Wildman–Crippen LogP) is 3.77. The zero-order valence-electron chi connectivity index (χ0n) is 10.6. The van der Waals surface area contributed by atoms with E-state index >= 15 is 0 Å². The summed E-state index contributed by atoms with van der Waals surface area (Å²) >= 11 is 0. The lowest BCUT2D eigenvalue weighted by atomic mass is 9.97. The Kier molecular flexibility index (Phi) is 2.34. The van der Waals surface area contributed by atoms with Crippen LogP contribution in [-0.4, -0.2) is 10.7 Å². The lowest BCUT2D eigenvalue weighted by Gasteiger charge is -2.18. The van der Waals surface area contributed by atoms with E-state index < -0.39 is 0 Å². The largest absolute Gasteiger partial charge is 0.507 e. The van der Waals surface area contributed by atoms with Gasteiger partial charge in [-0.25, -0.2) is 0 Å². The molecule has 1 aliphatic rings. The van der Waals surface area contributed by atoms with Gasteiger partial charge in [0.2, 0.25) is 0 Å². The molecule has 0 spiro atoms. The summed E-state index contributed by atoms with van der Waals surface area (Å²) in [6.45, 7) is 4.17. The number of aromatic hydroxyl groups is 1. The molecule has 2 nitrogen and oxygen atoms in total. The number of hydrogen-bond acceptors (Lipinski definition) is 2. The number of para-hydroxylation sites is 2. The van der Waals surface area contributed by atoms with Crippen LogP contribution in [0.4, 0.5) is 0 Å². The number of phenols is 1. The molecule has 0 aromatic heterocycles. The summed E-state index contributed by atoms with van der Waals surface area (Å²) in [4.78, 5) is 0. The molecule has 0 radical (unpaired) electrons. The Bertz CT molecular complexity index is 600. The van der Waals surface area contributed by atoms with Crippen LogP contribution in [-0.2, 0) is 6.42 Å². The summed E-state index contributed by atoms with van der Waals surface area (Å²) in [5.41, 5.74) is 2.84. The molecule has 0 saturated heterocycles. The maximum absolute atomic E-state index is 9.97. The smallest absolute Gasteiger partial charge is 0.131 e. The highest BCUT2D eigenvalue weighted by Gasteiger charge is 2.32. The van der Waals surface area contributed by atoms with Gasteiger partial charge in [-0.05, 0) is 25.5 Å². The van der Waals surface area contributed by atoms with Crippen molar-refractivity contribution >= 4 is 0 Å². The zero-order chi connectivity index (χ0) is 12.8. The third kappa shape index (κ3) is 1.74. The summed E-state index contributed by atoms with van der Waals surface area (Å²) in [6.07, 6.45) is 0.907. The Morgan fingerprint density at radius 2 is 1.72 bits per heavy atom. The molecule has 2 heteroatoms. The molecule has 1 N–H and O–H groups in total. The quantitative estimate of drug-likeness (QED) is 0.822. The second kappa shape index (κ2) is 3.77. The van der Waals surface area contributed by atoms with Gasteiger partial charge in [0, 0.05) is 17.5 Å². The Balaban J connectivity index is 2.17. The average Bonchev–Trinajstić information content (AvgIpc) is 2.63. The van der Waals surface area contributed by atoms with E-state index in [1.165, 1.54) is 5.56 Å². The number of fused-ring (bicyclic) bond motifs is 1. The van der Waals surface area contributed by atoms with Crippen LogP contribution in [0.2, 0.25) is 0 Å². The van der Waals surface area contributed by atoms with Gasteiger partial charge in [-0.1, -0.05) is 36.4 Å². The van der Waals surface area contributed by atoms with Gasteiger partial charge in [-0.3, -0.25) is 0 Å². The van der Waals surface area contributed by atoms with Gasteiger partial charge in [0.05, 0.1) is 0 Å². The first-order valence-corrected chi connectivity index (χ1v) is 6.16. The first-order chi connectivity index (χ1) is 8.57. The van der Waals surface area contributed by atoms with Crippen molar-refractivity contribution in [1.82, 2.24) is 0 Å². The molecular weight excluding hydrogens is 224 g/mol. The molecule has 1 heterocycles. The summed E-state index contributed by atoms with van der Waals surface area (Å²) in [7, 11) is 0. The van der Waals surface area contributed by atoms with Crippen molar-refractivity contribution in [3.63, 3.8) is 0 Å². The third-order valence-corrected chi connectivity index (χ3v) is 3.29. The molecule has 1 aliphatic heterocycles. The number of phenolic OH excluding ortho intramolecular Hbond substituents is 1. The van der Waals surface area contributed by atoms with Crippen LogP contribution in [0.15, 0.2) is 42.5 Å². The lowest BCUT2D eigenvalue weighted by molar-refractivity contribution is 0.139. The minimum atomic E-state index is -0.164. The second-order valence-corrected chi connectivity index (χ2v) is 5.35. The van der Waals surface area contributed by atoms with Crippen LogP contribution >= 0.6 is 0 Å². The number of ether oxygens (including phenoxy) is 1. The van der Waals surface area contributed by atoms with Crippen LogP contribution < -0.4 is 4.74 Å². The van der Waals surface area contributed by atoms with Gasteiger partial charge in [-0.2, -0.15) is 0 Å². The van der Waals surface area contributed by atoms with Crippen LogP contribution in [0.25, 0.3) is 11.1 Å². The predicted molar refractivity (Wildman–Crippen MR) is 72.0 cm³/mol. The summed E-state index contributed by atoms with van der Waals surface area (Å²) in [6, 6.07) is 13.5. The van der Waals surface area contributed by atoms with Crippen LogP contribution in [0.1, 0.15) is 19.4 Å². The van der Waals surface area contributed by atoms with Crippen LogP contribution in [0.3, 0.4) is 0 Å². The molecule has 18 heavy (non-hydrogen) atoms. The van der Waals surface area contributed by atoms with Crippen molar-refractivity contribution < 1.29 is 9.84 Å². The van der Waals surface area contributed by atoms with Crippen LogP contribution in [0, 0.1) is 0 Å². The first-order valence-electron chi connectivity index (χ1n) is 6.16. The molecule has 0 aliphatic carbocycles. The third-order valence-electron chi connectivity index (χ3n) is 3.29. The molecule has 0 saturated carbocycles. The van der Waals surface area contributed by atoms with E-state index in [0.717, 1.165) is 23.3 Å². The summed E-state index contributed by atoms with van der Waals surface area (Å²) in [5, 5.41) is 9.97. The SMILES string of the molecule is CC1(C)Cc2cccc(-c3ccccc3O)c2O1. The molecule has 0 fully saturated rings. The Morgan fingerprint density at radius 1 is 1.00 bits per heavy atom. The van der Waals surface area contributed by atoms with E-state index in [9.17, 15) is 5.11 Å².